The fourth-order valence-corrected chi connectivity index (χ4v) is 2.90. The van der Waals surface area contributed by atoms with Crippen LogP contribution in [0, 0.1) is 0 Å². The van der Waals surface area contributed by atoms with Crippen LogP contribution in [0.2, 0.25) is 0 Å². The molecule has 0 aliphatic heterocycles. The lowest BCUT2D eigenvalue weighted by Gasteiger charge is -2.16. The summed E-state index contributed by atoms with van der Waals surface area (Å²) in [5.41, 5.74) is 2.50. The van der Waals surface area contributed by atoms with E-state index in [1.54, 1.807) is 7.11 Å². The zero-order valence-electron chi connectivity index (χ0n) is 14.6. The Hall–Kier alpha value is -2.66. The molecule has 0 saturated heterocycles. The third-order valence-corrected chi connectivity index (χ3v) is 4.53. The molecule has 0 aliphatic rings. The van der Waals surface area contributed by atoms with E-state index < -0.39 is 5.97 Å². The second-order valence-electron chi connectivity index (χ2n) is 6.47. The van der Waals surface area contributed by atoms with Crippen LogP contribution < -0.4 is 5.43 Å². The van der Waals surface area contributed by atoms with Crippen LogP contribution in [0.1, 0.15) is 54.3 Å². The molecule has 25 heavy (non-hydrogen) atoms. The van der Waals surface area contributed by atoms with Gasteiger partial charge in [0.25, 0.3) is 0 Å². The largest absolute Gasteiger partial charge is 0.478 e. The quantitative estimate of drug-likeness (QED) is 0.709. The van der Waals surface area contributed by atoms with Crippen LogP contribution in [-0.2, 0) is 4.74 Å². The molecule has 0 bridgehead atoms. The lowest BCUT2D eigenvalue weighted by atomic mass is 9.95. The van der Waals surface area contributed by atoms with E-state index in [1.165, 1.54) is 18.2 Å². The molecule has 1 heterocycles. The van der Waals surface area contributed by atoms with Crippen molar-refractivity contribution in [3.05, 3.63) is 57.2 Å². The van der Waals surface area contributed by atoms with Gasteiger partial charge < -0.3 is 14.3 Å². The number of carbonyl (C=O) groups is 1. The Kier molecular flexibility index (Phi) is 4.35. The summed E-state index contributed by atoms with van der Waals surface area (Å²) in [5, 5.41) is 9.88. The molecule has 0 saturated carbocycles. The van der Waals surface area contributed by atoms with Crippen LogP contribution in [-0.4, -0.2) is 18.2 Å². The molecular weight excluding hydrogens is 320 g/mol. The summed E-state index contributed by atoms with van der Waals surface area (Å²) in [5.74, 6) is -0.848. The van der Waals surface area contributed by atoms with E-state index in [9.17, 15) is 9.59 Å². The van der Waals surface area contributed by atoms with Crippen molar-refractivity contribution in [1.82, 2.24) is 0 Å². The number of aromatic carboxylic acids is 1. The van der Waals surface area contributed by atoms with Gasteiger partial charge >= 0.3 is 5.97 Å². The topological polar surface area (TPSA) is 76.7 Å². The standard InChI is InChI=1S/C20H20O5/c1-10(2)13-8-14(11(3)24-4)19-16(9-13)18(21)15-7-12(20(22)23)5-6-17(15)25-19/h5-11H,1-4H3,(H,22,23). The molecule has 1 atom stereocenters. The molecule has 0 radical (unpaired) electrons. The van der Waals surface area contributed by atoms with Gasteiger partial charge in [0.05, 0.1) is 22.4 Å². The first kappa shape index (κ1) is 17.2. The maximum absolute atomic E-state index is 13.0. The number of ether oxygens (including phenoxy) is 1. The van der Waals surface area contributed by atoms with Crippen molar-refractivity contribution in [2.75, 3.05) is 7.11 Å². The van der Waals surface area contributed by atoms with Gasteiger partial charge in [0.15, 0.2) is 0 Å². The SMILES string of the molecule is COC(C)c1cc(C(C)C)cc2c(=O)c3cc(C(=O)O)ccc3oc12. The molecule has 3 aromatic rings. The Balaban J connectivity index is 2.45. The smallest absolute Gasteiger partial charge is 0.335 e. The van der Waals surface area contributed by atoms with Crippen molar-refractivity contribution in [3.8, 4) is 0 Å². The van der Waals surface area contributed by atoms with Crippen molar-refractivity contribution < 1.29 is 19.1 Å². The molecule has 0 amide bonds. The van der Waals surface area contributed by atoms with Gasteiger partial charge in [0, 0.05) is 12.7 Å². The predicted octanol–water partition coefficient (Wildman–Crippen LogP) is 4.48. The maximum Gasteiger partial charge on any atom is 0.335 e. The van der Waals surface area contributed by atoms with Crippen LogP contribution in [0.3, 0.4) is 0 Å². The van der Waals surface area contributed by atoms with Gasteiger partial charge in [0.2, 0.25) is 5.43 Å². The summed E-state index contributed by atoms with van der Waals surface area (Å²) in [7, 11) is 1.61. The number of benzene rings is 2. The van der Waals surface area contributed by atoms with E-state index in [0.29, 0.717) is 16.6 Å². The molecule has 1 aromatic heterocycles. The van der Waals surface area contributed by atoms with Gasteiger partial charge in [-0.2, -0.15) is 0 Å². The number of rotatable bonds is 4. The van der Waals surface area contributed by atoms with Gasteiger partial charge in [-0.25, -0.2) is 4.79 Å². The Morgan fingerprint density at radius 2 is 1.84 bits per heavy atom. The van der Waals surface area contributed by atoms with Crippen LogP contribution >= 0.6 is 0 Å². The summed E-state index contributed by atoms with van der Waals surface area (Å²) in [6.45, 7) is 6.00. The first-order chi connectivity index (χ1) is 11.8. The van der Waals surface area contributed by atoms with E-state index in [-0.39, 0.29) is 28.4 Å². The average molecular weight is 340 g/mol. The van der Waals surface area contributed by atoms with Crippen LogP contribution in [0.5, 0.6) is 0 Å². The van der Waals surface area contributed by atoms with Gasteiger partial charge in [-0.05, 0) is 48.7 Å². The highest BCUT2D eigenvalue weighted by Crippen LogP contribution is 2.31. The minimum absolute atomic E-state index is 0.0599. The third-order valence-electron chi connectivity index (χ3n) is 4.53. The monoisotopic (exact) mass is 340 g/mol. The highest BCUT2D eigenvalue weighted by Gasteiger charge is 2.18. The van der Waals surface area contributed by atoms with Gasteiger partial charge in [-0.1, -0.05) is 13.8 Å². The van der Waals surface area contributed by atoms with Crippen molar-refractivity contribution in [2.24, 2.45) is 0 Å². The van der Waals surface area contributed by atoms with Crippen LogP contribution in [0.4, 0.5) is 0 Å². The molecule has 0 spiro atoms. The molecule has 0 aliphatic carbocycles. The molecule has 5 heteroatoms. The highest BCUT2D eigenvalue weighted by atomic mass is 16.5. The predicted molar refractivity (Wildman–Crippen MR) is 96.5 cm³/mol. The molecule has 3 rings (SSSR count). The minimum Gasteiger partial charge on any atom is -0.478 e. The van der Waals surface area contributed by atoms with E-state index in [1.807, 2.05) is 32.9 Å². The average Bonchev–Trinajstić information content (AvgIpc) is 2.60. The van der Waals surface area contributed by atoms with Crippen molar-refractivity contribution >= 4 is 27.9 Å². The Bertz CT molecular complexity index is 1030. The first-order valence-corrected chi connectivity index (χ1v) is 8.14. The second kappa shape index (κ2) is 6.33. The number of hydrogen-bond donors (Lipinski definition) is 1. The fourth-order valence-electron chi connectivity index (χ4n) is 2.90. The molecule has 130 valence electrons. The molecule has 5 nitrogen and oxygen atoms in total. The number of fused-ring (bicyclic) bond motifs is 2. The van der Waals surface area contributed by atoms with Crippen LogP contribution in [0.15, 0.2) is 39.5 Å². The van der Waals surface area contributed by atoms with E-state index in [2.05, 4.69) is 0 Å². The zero-order chi connectivity index (χ0) is 18.3. The lowest BCUT2D eigenvalue weighted by Crippen LogP contribution is -2.08. The Morgan fingerprint density at radius 1 is 1.12 bits per heavy atom. The van der Waals surface area contributed by atoms with E-state index in [4.69, 9.17) is 14.3 Å². The number of carboxylic acids is 1. The maximum atomic E-state index is 13.0. The summed E-state index contributed by atoms with van der Waals surface area (Å²) in [6.07, 6.45) is -0.236. The number of hydrogen-bond acceptors (Lipinski definition) is 4. The normalized spacial score (nSPS) is 12.8. The third kappa shape index (κ3) is 2.91. The summed E-state index contributed by atoms with van der Waals surface area (Å²) >= 11 is 0. The van der Waals surface area contributed by atoms with Gasteiger partial charge in [-0.15, -0.1) is 0 Å². The highest BCUT2D eigenvalue weighted by molar-refractivity contribution is 5.96. The van der Waals surface area contributed by atoms with E-state index in [0.717, 1.165) is 11.1 Å². The Morgan fingerprint density at radius 3 is 2.44 bits per heavy atom. The Labute approximate surface area is 144 Å². The second-order valence-corrected chi connectivity index (χ2v) is 6.47. The first-order valence-electron chi connectivity index (χ1n) is 8.14. The van der Waals surface area contributed by atoms with Crippen molar-refractivity contribution in [3.63, 3.8) is 0 Å². The van der Waals surface area contributed by atoms with Gasteiger partial charge in [-0.3, -0.25) is 4.79 Å². The summed E-state index contributed by atoms with van der Waals surface area (Å²) in [6, 6.07) is 8.15. The summed E-state index contributed by atoms with van der Waals surface area (Å²) < 4.78 is 11.4. The molecule has 1 N–H and O–H groups in total. The van der Waals surface area contributed by atoms with Crippen molar-refractivity contribution in [2.45, 2.75) is 32.8 Å². The molecule has 1 unspecified atom stereocenters. The fraction of sp³-hybridized carbons (Fsp3) is 0.300. The minimum atomic E-state index is -1.08. The van der Waals surface area contributed by atoms with Crippen molar-refractivity contribution in [1.29, 1.82) is 0 Å². The number of carboxylic acid groups (broad SMARTS) is 1. The van der Waals surface area contributed by atoms with E-state index >= 15 is 0 Å². The van der Waals surface area contributed by atoms with Gasteiger partial charge in [0.1, 0.15) is 11.2 Å². The lowest BCUT2D eigenvalue weighted by molar-refractivity contribution is 0.0697. The summed E-state index contributed by atoms with van der Waals surface area (Å²) in [4.78, 5) is 24.2. The van der Waals surface area contributed by atoms with Crippen LogP contribution in [0.25, 0.3) is 21.9 Å². The number of methoxy groups -OCH3 is 1. The molecular formula is C20H20O5. The zero-order valence-corrected chi connectivity index (χ0v) is 14.6. The molecule has 0 fully saturated rings. The molecule has 2 aromatic carbocycles.